The lowest BCUT2D eigenvalue weighted by atomic mass is 10.2. The van der Waals surface area contributed by atoms with Crippen molar-refractivity contribution in [1.29, 1.82) is 0 Å². The summed E-state index contributed by atoms with van der Waals surface area (Å²) in [6, 6.07) is 15.4. The predicted molar refractivity (Wildman–Crippen MR) is 114 cm³/mol. The standard InChI is InChI=1S/C20H20ClN3O2S2/c1-23(2)28(25,26)19-12-14(8-11-17(19)21)18-13-27-20(24(18)16-9-10-16)22-15-6-4-3-5-7-15/h3-8,11-13,16H,9-10H2,1-2H3. The van der Waals surface area contributed by atoms with Gasteiger partial charge in [-0.3, -0.25) is 0 Å². The van der Waals surface area contributed by atoms with Crippen molar-refractivity contribution in [2.45, 2.75) is 23.8 Å². The average molecular weight is 434 g/mol. The van der Waals surface area contributed by atoms with Gasteiger partial charge in [0, 0.05) is 31.1 Å². The van der Waals surface area contributed by atoms with Crippen molar-refractivity contribution < 1.29 is 8.42 Å². The fourth-order valence-electron chi connectivity index (χ4n) is 2.97. The molecule has 0 atom stereocenters. The highest BCUT2D eigenvalue weighted by Gasteiger charge is 2.28. The van der Waals surface area contributed by atoms with Crippen molar-refractivity contribution >= 4 is 38.6 Å². The Kier molecular flexibility index (Phi) is 5.18. The average Bonchev–Trinajstić information content (AvgIpc) is 3.43. The van der Waals surface area contributed by atoms with E-state index in [0.29, 0.717) is 6.04 Å². The van der Waals surface area contributed by atoms with E-state index in [1.807, 2.05) is 41.8 Å². The first kappa shape index (κ1) is 19.4. The molecule has 0 amide bonds. The Labute approximate surface area is 173 Å². The predicted octanol–water partition coefficient (Wildman–Crippen LogP) is 4.69. The highest BCUT2D eigenvalue weighted by molar-refractivity contribution is 7.89. The largest absolute Gasteiger partial charge is 0.313 e. The van der Waals surface area contributed by atoms with Gasteiger partial charge in [-0.15, -0.1) is 11.3 Å². The summed E-state index contributed by atoms with van der Waals surface area (Å²) in [7, 11) is -0.617. The Bertz CT molecular complexity index is 1180. The first-order valence-corrected chi connectivity index (χ1v) is 11.6. The van der Waals surface area contributed by atoms with E-state index in [1.54, 1.807) is 23.5 Å². The van der Waals surface area contributed by atoms with Gasteiger partial charge in [-0.05, 0) is 37.1 Å². The van der Waals surface area contributed by atoms with Crippen LogP contribution in [0.25, 0.3) is 11.3 Å². The van der Waals surface area contributed by atoms with Crippen molar-refractivity contribution in [1.82, 2.24) is 8.87 Å². The van der Waals surface area contributed by atoms with Gasteiger partial charge in [0.2, 0.25) is 10.0 Å². The summed E-state index contributed by atoms with van der Waals surface area (Å²) < 4.78 is 28.7. The number of benzene rings is 2. The molecule has 28 heavy (non-hydrogen) atoms. The molecule has 0 unspecified atom stereocenters. The van der Waals surface area contributed by atoms with Gasteiger partial charge in [0.1, 0.15) is 4.90 Å². The van der Waals surface area contributed by atoms with Gasteiger partial charge in [-0.1, -0.05) is 35.9 Å². The zero-order valence-electron chi connectivity index (χ0n) is 15.5. The van der Waals surface area contributed by atoms with E-state index in [2.05, 4.69) is 4.57 Å². The second kappa shape index (κ2) is 7.48. The van der Waals surface area contributed by atoms with Crippen molar-refractivity contribution in [2.24, 2.45) is 4.99 Å². The lowest BCUT2D eigenvalue weighted by molar-refractivity contribution is 0.521. The van der Waals surface area contributed by atoms with Gasteiger partial charge in [0.15, 0.2) is 4.80 Å². The van der Waals surface area contributed by atoms with Gasteiger partial charge >= 0.3 is 0 Å². The van der Waals surface area contributed by atoms with Crippen LogP contribution in [-0.2, 0) is 10.0 Å². The topological polar surface area (TPSA) is 54.7 Å². The van der Waals surface area contributed by atoms with Crippen LogP contribution in [0.3, 0.4) is 0 Å². The molecular weight excluding hydrogens is 414 g/mol. The third-order valence-corrected chi connectivity index (χ3v) is 7.76. The van der Waals surface area contributed by atoms with Crippen molar-refractivity contribution in [3.63, 3.8) is 0 Å². The Morgan fingerprint density at radius 2 is 1.86 bits per heavy atom. The molecule has 1 aromatic heterocycles. The number of hydrogen-bond donors (Lipinski definition) is 0. The van der Waals surface area contributed by atoms with Crippen LogP contribution in [0, 0.1) is 0 Å². The van der Waals surface area contributed by atoms with Crippen molar-refractivity contribution in [3.05, 3.63) is 63.7 Å². The molecule has 8 heteroatoms. The molecule has 1 fully saturated rings. The molecule has 0 aliphatic heterocycles. The number of nitrogens with zero attached hydrogens (tertiary/aromatic N) is 3. The number of rotatable bonds is 5. The summed E-state index contributed by atoms with van der Waals surface area (Å²) in [5, 5.41) is 2.26. The van der Waals surface area contributed by atoms with Gasteiger partial charge in [0.25, 0.3) is 0 Å². The quantitative estimate of drug-likeness (QED) is 0.586. The zero-order chi connectivity index (χ0) is 19.9. The maximum atomic E-state index is 12.6. The van der Waals surface area contributed by atoms with Gasteiger partial charge in [-0.2, -0.15) is 0 Å². The van der Waals surface area contributed by atoms with Crippen LogP contribution in [0.15, 0.2) is 63.8 Å². The van der Waals surface area contributed by atoms with E-state index in [4.69, 9.17) is 16.6 Å². The minimum Gasteiger partial charge on any atom is -0.313 e. The number of halogens is 1. The maximum absolute atomic E-state index is 12.6. The molecular formula is C20H20ClN3O2S2. The van der Waals surface area contributed by atoms with Gasteiger partial charge < -0.3 is 4.57 Å². The number of aromatic nitrogens is 1. The molecule has 1 saturated carbocycles. The molecule has 1 aliphatic rings. The van der Waals surface area contributed by atoms with E-state index in [9.17, 15) is 8.42 Å². The molecule has 1 heterocycles. The summed E-state index contributed by atoms with van der Waals surface area (Å²) in [6.07, 6.45) is 2.20. The monoisotopic (exact) mass is 433 g/mol. The highest BCUT2D eigenvalue weighted by atomic mass is 35.5. The summed E-state index contributed by atoms with van der Waals surface area (Å²) in [4.78, 5) is 5.82. The molecule has 0 N–H and O–H groups in total. The second-order valence-corrected chi connectivity index (χ2v) is 10.2. The minimum absolute atomic E-state index is 0.117. The third kappa shape index (κ3) is 3.67. The molecule has 0 radical (unpaired) electrons. The minimum atomic E-state index is -3.63. The molecule has 0 saturated heterocycles. The van der Waals surface area contributed by atoms with Gasteiger partial charge in [-0.25, -0.2) is 17.7 Å². The molecule has 4 rings (SSSR count). The molecule has 146 valence electrons. The number of sulfonamides is 1. The van der Waals surface area contributed by atoms with Crippen LogP contribution in [0.5, 0.6) is 0 Å². The zero-order valence-corrected chi connectivity index (χ0v) is 17.9. The SMILES string of the molecule is CN(C)S(=O)(=O)c1cc(-c2csc(=Nc3ccccc3)n2C2CC2)ccc1Cl. The first-order valence-electron chi connectivity index (χ1n) is 8.90. The van der Waals surface area contributed by atoms with Crippen LogP contribution >= 0.6 is 22.9 Å². The Morgan fingerprint density at radius 1 is 1.14 bits per heavy atom. The fraction of sp³-hybridized carbons (Fsp3) is 0.250. The second-order valence-electron chi connectivity index (χ2n) is 6.88. The van der Waals surface area contributed by atoms with Crippen molar-refractivity contribution in [2.75, 3.05) is 14.1 Å². The maximum Gasteiger partial charge on any atom is 0.244 e. The van der Waals surface area contributed by atoms with Gasteiger partial charge in [0.05, 0.1) is 16.4 Å². The molecule has 0 bridgehead atoms. The molecule has 5 nitrogen and oxygen atoms in total. The van der Waals surface area contributed by atoms with Crippen LogP contribution in [-0.4, -0.2) is 31.4 Å². The molecule has 1 aliphatic carbocycles. The third-order valence-electron chi connectivity index (χ3n) is 4.62. The van der Waals surface area contributed by atoms with E-state index in [0.717, 1.165) is 34.6 Å². The summed E-state index contributed by atoms with van der Waals surface area (Å²) in [6.45, 7) is 0. The van der Waals surface area contributed by atoms with Crippen LogP contribution in [0.4, 0.5) is 5.69 Å². The lowest BCUT2D eigenvalue weighted by Gasteiger charge is -2.14. The normalized spacial score (nSPS) is 15.4. The summed E-state index contributed by atoms with van der Waals surface area (Å²) in [5.41, 5.74) is 2.69. The molecule has 0 spiro atoms. The van der Waals surface area contributed by atoms with Crippen LogP contribution in [0.2, 0.25) is 5.02 Å². The van der Waals surface area contributed by atoms with E-state index in [-0.39, 0.29) is 9.92 Å². The molecule has 3 aromatic rings. The Morgan fingerprint density at radius 3 is 2.50 bits per heavy atom. The summed E-state index contributed by atoms with van der Waals surface area (Å²) >= 11 is 7.77. The fourth-order valence-corrected chi connectivity index (χ4v) is 5.35. The van der Waals surface area contributed by atoms with Crippen molar-refractivity contribution in [3.8, 4) is 11.3 Å². The first-order chi connectivity index (χ1) is 13.4. The van der Waals surface area contributed by atoms with Crippen LogP contribution in [0.1, 0.15) is 18.9 Å². The van der Waals surface area contributed by atoms with Crippen LogP contribution < -0.4 is 4.80 Å². The Balaban J connectivity index is 1.87. The smallest absolute Gasteiger partial charge is 0.244 e. The summed E-state index contributed by atoms with van der Waals surface area (Å²) in [5.74, 6) is 0. The molecule has 2 aromatic carbocycles. The Hall–Kier alpha value is -1.93. The number of hydrogen-bond acceptors (Lipinski definition) is 4. The number of thiazole rings is 1. The van der Waals surface area contributed by atoms with E-state index in [1.165, 1.54) is 18.4 Å². The van der Waals surface area contributed by atoms with E-state index >= 15 is 0 Å². The lowest BCUT2D eigenvalue weighted by Crippen LogP contribution is -2.22. The number of para-hydroxylation sites is 1. The highest BCUT2D eigenvalue weighted by Crippen LogP contribution is 2.39. The van der Waals surface area contributed by atoms with E-state index < -0.39 is 10.0 Å².